The van der Waals surface area contributed by atoms with Crippen LogP contribution in [0, 0.1) is 0 Å². The molecule has 0 aliphatic carbocycles. The highest BCUT2D eigenvalue weighted by molar-refractivity contribution is 8.00. The minimum absolute atomic E-state index is 0.290. The molecule has 11 heavy (non-hydrogen) atoms. The summed E-state index contributed by atoms with van der Waals surface area (Å²) in [4.78, 5) is 10.1. The molecule has 0 radical (unpaired) electrons. The lowest BCUT2D eigenvalue weighted by Crippen LogP contribution is -2.08. The normalized spacial score (nSPS) is 13.3. The van der Waals surface area contributed by atoms with Crippen LogP contribution in [0.2, 0.25) is 0 Å². The highest BCUT2D eigenvalue weighted by atomic mass is 32.2. The van der Waals surface area contributed by atoms with Crippen LogP contribution in [0.25, 0.3) is 0 Å². The standard InChI is InChI=1S/C9H16OS/c1-8(5-6-10)7-11-9(2,3)4/h5-6H,7H2,1-4H3/b8-5+. The molecule has 0 amide bonds. The van der Waals surface area contributed by atoms with Gasteiger partial charge < -0.3 is 0 Å². The predicted octanol–water partition coefficient (Wildman–Crippen LogP) is 2.66. The number of allylic oxidation sites excluding steroid dienone is 1. The first-order valence-electron chi connectivity index (χ1n) is 3.70. The van der Waals surface area contributed by atoms with Crippen LogP contribution in [0.15, 0.2) is 11.6 Å². The van der Waals surface area contributed by atoms with Crippen LogP contribution in [-0.2, 0) is 4.79 Å². The zero-order valence-electron chi connectivity index (χ0n) is 7.68. The second kappa shape index (κ2) is 4.60. The summed E-state index contributed by atoms with van der Waals surface area (Å²) in [7, 11) is 0. The highest BCUT2D eigenvalue weighted by Gasteiger charge is 2.09. The monoisotopic (exact) mass is 172 g/mol. The second-order valence-corrected chi connectivity index (χ2v) is 5.35. The number of hydrogen-bond acceptors (Lipinski definition) is 2. The lowest BCUT2D eigenvalue weighted by atomic mass is 10.3. The van der Waals surface area contributed by atoms with Crippen LogP contribution < -0.4 is 0 Å². The zero-order chi connectivity index (χ0) is 8.91. The molecule has 0 spiro atoms. The number of aldehydes is 1. The van der Waals surface area contributed by atoms with Crippen molar-refractivity contribution in [3.8, 4) is 0 Å². The lowest BCUT2D eigenvalue weighted by molar-refractivity contribution is -0.104. The van der Waals surface area contributed by atoms with Gasteiger partial charge in [0, 0.05) is 10.5 Å². The van der Waals surface area contributed by atoms with E-state index in [0.717, 1.165) is 17.6 Å². The third-order valence-corrected chi connectivity index (χ3v) is 2.55. The molecule has 0 atom stereocenters. The molecule has 0 saturated heterocycles. The number of thioether (sulfide) groups is 1. The van der Waals surface area contributed by atoms with Gasteiger partial charge in [-0.2, -0.15) is 11.8 Å². The van der Waals surface area contributed by atoms with Crippen LogP contribution in [0.3, 0.4) is 0 Å². The van der Waals surface area contributed by atoms with E-state index in [1.165, 1.54) is 0 Å². The Bertz CT molecular complexity index is 153. The summed E-state index contributed by atoms with van der Waals surface area (Å²) in [5.74, 6) is 0.947. The first kappa shape index (κ1) is 10.8. The topological polar surface area (TPSA) is 17.1 Å². The van der Waals surface area contributed by atoms with Gasteiger partial charge in [-0.25, -0.2) is 0 Å². The Labute approximate surface area is 73.3 Å². The van der Waals surface area contributed by atoms with Crippen LogP contribution in [0.1, 0.15) is 27.7 Å². The Morgan fingerprint density at radius 1 is 1.45 bits per heavy atom. The second-order valence-electron chi connectivity index (χ2n) is 3.55. The summed E-state index contributed by atoms with van der Waals surface area (Å²) in [5.41, 5.74) is 1.14. The molecule has 0 rings (SSSR count). The van der Waals surface area contributed by atoms with Crippen molar-refractivity contribution in [1.82, 2.24) is 0 Å². The summed E-state index contributed by atoms with van der Waals surface area (Å²) in [6.07, 6.45) is 2.47. The van der Waals surface area contributed by atoms with Gasteiger partial charge in [-0.3, -0.25) is 4.79 Å². The molecule has 0 fully saturated rings. The van der Waals surface area contributed by atoms with Gasteiger partial charge in [0.05, 0.1) is 0 Å². The number of hydrogen-bond donors (Lipinski definition) is 0. The van der Waals surface area contributed by atoms with E-state index in [1.807, 2.05) is 18.7 Å². The molecule has 0 unspecified atom stereocenters. The van der Waals surface area contributed by atoms with Crippen molar-refractivity contribution in [2.45, 2.75) is 32.4 Å². The fraction of sp³-hybridized carbons (Fsp3) is 0.667. The first-order valence-corrected chi connectivity index (χ1v) is 4.69. The molecule has 64 valence electrons. The fourth-order valence-corrected chi connectivity index (χ4v) is 1.25. The van der Waals surface area contributed by atoms with Gasteiger partial charge in [-0.15, -0.1) is 0 Å². The van der Waals surface area contributed by atoms with E-state index in [4.69, 9.17) is 0 Å². The van der Waals surface area contributed by atoms with Gasteiger partial charge in [0.25, 0.3) is 0 Å². The maximum absolute atomic E-state index is 10.1. The predicted molar refractivity (Wildman–Crippen MR) is 52.0 cm³/mol. The van der Waals surface area contributed by atoms with Crippen molar-refractivity contribution in [3.63, 3.8) is 0 Å². The summed E-state index contributed by atoms with van der Waals surface area (Å²) < 4.78 is 0.290. The molecule has 0 heterocycles. The van der Waals surface area contributed by atoms with Crippen LogP contribution in [0.5, 0.6) is 0 Å². The van der Waals surface area contributed by atoms with Crippen LogP contribution >= 0.6 is 11.8 Å². The minimum atomic E-state index is 0.290. The summed E-state index contributed by atoms with van der Waals surface area (Å²) in [6.45, 7) is 8.50. The maximum atomic E-state index is 10.1. The lowest BCUT2D eigenvalue weighted by Gasteiger charge is -2.17. The molecule has 0 aliphatic rings. The zero-order valence-corrected chi connectivity index (χ0v) is 8.49. The number of rotatable bonds is 3. The smallest absolute Gasteiger partial charge is 0.142 e. The number of carbonyl (C=O) groups excluding carboxylic acids is 1. The van der Waals surface area contributed by atoms with E-state index in [-0.39, 0.29) is 4.75 Å². The van der Waals surface area contributed by atoms with E-state index in [2.05, 4.69) is 20.8 Å². The van der Waals surface area contributed by atoms with E-state index in [9.17, 15) is 4.79 Å². The largest absolute Gasteiger partial charge is 0.299 e. The van der Waals surface area contributed by atoms with E-state index in [1.54, 1.807) is 6.08 Å². The van der Waals surface area contributed by atoms with Crippen molar-refractivity contribution in [2.24, 2.45) is 0 Å². The molecular weight excluding hydrogens is 156 g/mol. The van der Waals surface area contributed by atoms with E-state index >= 15 is 0 Å². The van der Waals surface area contributed by atoms with Gasteiger partial charge in [-0.1, -0.05) is 26.3 Å². The maximum Gasteiger partial charge on any atom is 0.142 e. The molecule has 0 aromatic carbocycles. The number of carbonyl (C=O) groups is 1. The van der Waals surface area contributed by atoms with Crippen molar-refractivity contribution < 1.29 is 4.79 Å². The quantitative estimate of drug-likeness (QED) is 0.481. The van der Waals surface area contributed by atoms with E-state index < -0.39 is 0 Å². The molecule has 0 aromatic heterocycles. The SMILES string of the molecule is C/C(=C\C=O)CSC(C)(C)C. The minimum Gasteiger partial charge on any atom is -0.299 e. The average molecular weight is 172 g/mol. The Hall–Kier alpha value is -0.240. The summed E-state index contributed by atoms with van der Waals surface area (Å²) >= 11 is 1.85. The molecule has 0 saturated carbocycles. The summed E-state index contributed by atoms with van der Waals surface area (Å²) in [6, 6.07) is 0. The third-order valence-electron chi connectivity index (χ3n) is 1.09. The van der Waals surface area contributed by atoms with Crippen molar-refractivity contribution in [2.75, 3.05) is 5.75 Å². The van der Waals surface area contributed by atoms with Crippen molar-refractivity contribution >= 4 is 18.0 Å². The average Bonchev–Trinajstić information content (AvgIpc) is 1.83. The third kappa shape index (κ3) is 7.66. The van der Waals surface area contributed by atoms with Crippen LogP contribution in [0.4, 0.5) is 0 Å². The van der Waals surface area contributed by atoms with Gasteiger partial charge in [0.15, 0.2) is 0 Å². The Morgan fingerprint density at radius 2 is 2.00 bits per heavy atom. The molecule has 2 heteroatoms. The van der Waals surface area contributed by atoms with Crippen LogP contribution in [-0.4, -0.2) is 16.8 Å². The first-order chi connectivity index (χ1) is 4.95. The highest BCUT2D eigenvalue weighted by Crippen LogP contribution is 2.24. The Balaban J connectivity index is 3.71. The molecule has 1 nitrogen and oxygen atoms in total. The van der Waals surface area contributed by atoms with Crippen molar-refractivity contribution in [3.05, 3.63) is 11.6 Å². The van der Waals surface area contributed by atoms with E-state index in [0.29, 0.717) is 0 Å². The molecular formula is C9H16OS. The Kier molecular flexibility index (Phi) is 4.50. The van der Waals surface area contributed by atoms with Gasteiger partial charge in [0.1, 0.15) is 6.29 Å². The van der Waals surface area contributed by atoms with Gasteiger partial charge in [0.2, 0.25) is 0 Å². The molecule has 0 aromatic rings. The van der Waals surface area contributed by atoms with Gasteiger partial charge >= 0.3 is 0 Å². The summed E-state index contributed by atoms with van der Waals surface area (Å²) in [5, 5.41) is 0. The molecule has 0 aliphatic heterocycles. The van der Waals surface area contributed by atoms with Gasteiger partial charge in [-0.05, 0) is 13.0 Å². The van der Waals surface area contributed by atoms with Crippen molar-refractivity contribution in [1.29, 1.82) is 0 Å². The fourth-order valence-electron chi connectivity index (χ4n) is 0.495. The molecule has 0 bridgehead atoms. The molecule has 0 N–H and O–H groups in total. The Morgan fingerprint density at radius 3 is 2.36 bits per heavy atom.